The van der Waals surface area contributed by atoms with E-state index in [1.807, 2.05) is 0 Å². The average Bonchev–Trinajstić information content (AvgIpc) is 2.47. The lowest BCUT2D eigenvalue weighted by Crippen LogP contribution is -2.44. The van der Waals surface area contributed by atoms with Gasteiger partial charge in [0.2, 0.25) is 0 Å². The van der Waals surface area contributed by atoms with Gasteiger partial charge in [-0.05, 0) is 43.1 Å². The van der Waals surface area contributed by atoms with Gasteiger partial charge in [0.1, 0.15) is 6.04 Å². The van der Waals surface area contributed by atoms with Crippen LogP contribution in [0.3, 0.4) is 0 Å². The number of rotatable bonds is 5. The van der Waals surface area contributed by atoms with Crippen LogP contribution in [0.25, 0.3) is 0 Å². The lowest BCUT2D eigenvalue weighted by molar-refractivity contribution is -0.144. The molecule has 1 atom stereocenters. The minimum absolute atomic E-state index is 0.112. The molecule has 1 unspecified atom stereocenters. The second-order valence-electron chi connectivity index (χ2n) is 5.35. The standard InChI is InChI=1S/C15H17NO6/c17-13(18)10-5-9(6-11(7-10)14(19)20)8-16-4-2-1-3-12(16)15(21)22/h5-7,12H,1-4,8H2,(H,17,18)(H,19,20)(H,21,22). The van der Waals surface area contributed by atoms with Crippen molar-refractivity contribution in [2.45, 2.75) is 31.8 Å². The van der Waals surface area contributed by atoms with E-state index in [-0.39, 0.29) is 17.7 Å². The van der Waals surface area contributed by atoms with Gasteiger partial charge in [-0.2, -0.15) is 0 Å². The van der Waals surface area contributed by atoms with Crippen LogP contribution in [0, 0.1) is 0 Å². The average molecular weight is 307 g/mol. The molecule has 1 aromatic carbocycles. The molecule has 2 rings (SSSR count). The van der Waals surface area contributed by atoms with Gasteiger partial charge in [0.05, 0.1) is 11.1 Å². The Kier molecular flexibility index (Phi) is 4.77. The molecule has 1 aliphatic heterocycles. The van der Waals surface area contributed by atoms with Gasteiger partial charge < -0.3 is 15.3 Å². The maximum atomic E-state index is 11.3. The molecule has 1 fully saturated rings. The Balaban J connectivity index is 2.29. The van der Waals surface area contributed by atoms with Gasteiger partial charge in [0.25, 0.3) is 0 Å². The predicted octanol–water partition coefficient (Wildman–Crippen LogP) is 1.52. The normalized spacial score (nSPS) is 18.8. The molecule has 7 heteroatoms. The van der Waals surface area contributed by atoms with E-state index < -0.39 is 23.9 Å². The molecule has 1 heterocycles. The molecular formula is C15H17NO6. The third-order valence-electron chi connectivity index (χ3n) is 3.77. The molecule has 1 aliphatic rings. The zero-order valence-corrected chi connectivity index (χ0v) is 11.9. The summed E-state index contributed by atoms with van der Waals surface area (Å²) >= 11 is 0. The summed E-state index contributed by atoms with van der Waals surface area (Å²) in [5.74, 6) is -3.33. The molecule has 0 bridgehead atoms. The molecule has 22 heavy (non-hydrogen) atoms. The van der Waals surface area contributed by atoms with Crippen LogP contribution in [0.1, 0.15) is 45.5 Å². The highest BCUT2D eigenvalue weighted by molar-refractivity contribution is 5.94. The van der Waals surface area contributed by atoms with Gasteiger partial charge in [0.15, 0.2) is 0 Å². The van der Waals surface area contributed by atoms with Crippen molar-refractivity contribution in [3.8, 4) is 0 Å². The molecule has 0 aliphatic carbocycles. The number of benzene rings is 1. The lowest BCUT2D eigenvalue weighted by Gasteiger charge is -2.32. The van der Waals surface area contributed by atoms with Gasteiger partial charge in [0, 0.05) is 6.54 Å². The molecule has 3 N–H and O–H groups in total. The summed E-state index contributed by atoms with van der Waals surface area (Å²) in [6.45, 7) is 0.815. The number of carboxylic acid groups (broad SMARTS) is 3. The first-order valence-electron chi connectivity index (χ1n) is 6.96. The summed E-state index contributed by atoms with van der Waals surface area (Å²) in [5.41, 5.74) is 0.267. The number of piperidine rings is 1. The Morgan fingerprint density at radius 3 is 2.09 bits per heavy atom. The number of nitrogens with zero attached hydrogens (tertiary/aromatic N) is 1. The van der Waals surface area contributed by atoms with Crippen LogP contribution < -0.4 is 0 Å². The van der Waals surface area contributed by atoms with Gasteiger partial charge in [-0.3, -0.25) is 9.69 Å². The number of aliphatic carboxylic acids is 1. The molecule has 0 radical (unpaired) electrons. The topological polar surface area (TPSA) is 115 Å². The highest BCUT2D eigenvalue weighted by atomic mass is 16.4. The van der Waals surface area contributed by atoms with E-state index >= 15 is 0 Å². The third kappa shape index (κ3) is 3.62. The number of hydrogen-bond acceptors (Lipinski definition) is 4. The quantitative estimate of drug-likeness (QED) is 0.755. The second kappa shape index (κ2) is 6.57. The molecule has 0 spiro atoms. The van der Waals surface area contributed by atoms with E-state index in [4.69, 9.17) is 10.2 Å². The van der Waals surface area contributed by atoms with E-state index in [0.29, 0.717) is 18.5 Å². The van der Waals surface area contributed by atoms with Crippen LogP contribution in [-0.4, -0.2) is 50.7 Å². The van der Waals surface area contributed by atoms with Gasteiger partial charge in [-0.1, -0.05) is 6.42 Å². The predicted molar refractivity (Wildman–Crippen MR) is 76.0 cm³/mol. The Labute approximate surface area is 126 Å². The third-order valence-corrected chi connectivity index (χ3v) is 3.77. The Morgan fingerprint density at radius 1 is 1.00 bits per heavy atom. The molecule has 0 saturated carbocycles. The minimum Gasteiger partial charge on any atom is -0.480 e. The fourth-order valence-electron chi connectivity index (χ4n) is 2.72. The fourth-order valence-corrected chi connectivity index (χ4v) is 2.72. The van der Waals surface area contributed by atoms with Crippen LogP contribution in [0.4, 0.5) is 0 Å². The molecule has 118 valence electrons. The molecule has 1 saturated heterocycles. The number of carbonyl (C=O) groups is 3. The summed E-state index contributed by atoms with van der Waals surface area (Å²) in [4.78, 5) is 35.2. The van der Waals surface area contributed by atoms with Crippen LogP contribution in [0.2, 0.25) is 0 Å². The molecule has 0 aromatic heterocycles. The Hall–Kier alpha value is -2.41. The van der Waals surface area contributed by atoms with E-state index in [2.05, 4.69) is 0 Å². The molecule has 7 nitrogen and oxygen atoms in total. The zero-order valence-electron chi connectivity index (χ0n) is 11.9. The molecule has 1 aromatic rings. The first-order valence-corrected chi connectivity index (χ1v) is 6.96. The van der Waals surface area contributed by atoms with Crippen molar-refractivity contribution in [2.24, 2.45) is 0 Å². The van der Waals surface area contributed by atoms with Crippen LogP contribution in [-0.2, 0) is 11.3 Å². The monoisotopic (exact) mass is 307 g/mol. The smallest absolute Gasteiger partial charge is 0.335 e. The molecular weight excluding hydrogens is 290 g/mol. The van der Waals surface area contributed by atoms with Crippen molar-refractivity contribution >= 4 is 17.9 Å². The number of likely N-dealkylation sites (tertiary alicyclic amines) is 1. The van der Waals surface area contributed by atoms with Crippen molar-refractivity contribution in [1.29, 1.82) is 0 Å². The van der Waals surface area contributed by atoms with Crippen LogP contribution in [0.15, 0.2) is 18.2 Å². The first kappa shape index (κ1) is 16.0. The van der Waals surface area contributed by atoms with E-state index in [1.165, 1.54) is 12.1 Å². The van der Waals surface area contributed by atoms with E-state index in [9.17, 15) is 19.5 Å². The number of aromatic carboxylic acids is 2. The van der Waals surface area contributed by atoms with Crippen molar-refractivity contribution < 1.29 is 29.7 Å². The summed E-state index contributed by atoms with van der Waals surface area (Å²) in [7, 11) is 0. The van der Waals surface area contributed by atoms with Gasteiger partial charge >= 0.3 is 17.9 Å². The molecule has 0 amide bonds. The summed E-state index contributed by atoms with van der Waals surface area (Å²) in [5, 5.41) is 27.4. The second-order valence-corrected chi connectivity index (χ2v) is 5.35. The van der Waals surface area contributed by atoms with Gasteiger partial charge in [-0.25, -0.2) is 9.59 Å². The maximum absolute atomic E-state index is 11.3. The largest absolute Gasteiger partial charge is 0.480 e. The highest BCUT2D eigenvalue weighted by Gasteiger charge is 2.28. The highest BCUT2D eigenvalue weighted by Crippen LogP contribution is 2.21. The number of hydrogen-bond donors (Lipinski definition) is 3. The van der Waals surface area contributed by atoms with Crippen molar-refractivity contribution in [1.82, 2.24) is 4.90 Å². The fraction of sp³-hybridized carbons (Fsp3) is 0.400. The summed E-state index contributed by atoms with van der Waals surface area (Å²) in [6, 6.07) is 3.26. The Morgan fingerprint density at radius 2 is 1.59 bits per heavy atom. The maximum Gasteiger partial charge on any atom is 0.335 e. The van der Waals surface area contributed by atoms with E-state index in [1.54, 1.807) is 4.90 Å². The van der Waals surface area contributed by atoms with Gasteiger partial charge in [-0.15, -0.1) is 0 Å². The van der Waals surface area contributed by atoms with Crippen molar-refractivity contribution in [3.63, 3.8) is 0 Å². The summed E-state index contributed by atoms with van der Waals surface area (Å²) < 4.78 is 0. The first-order chi connectivity index (χ1) is 10.4. The number of carboxylic acids is 3. The SMILES string of the molecule is O=C(O)c1cc(CN2CCCCC2C(=O)O)cc(C(=O)O)c1. The Bertz CT molecular complexity index is 580. The van der Waals surface area contributed by atoms with Crippen molar-refractivity contribution in [2.75, 3.05) is 6.54 Å². The van der Waals surface area contributed by atoms with E-state index in [0.717, 1.165) is 18.9 Å². The van der Waals surface area contributed by atoms with Crippen molar-refractivity contribution in [3.05, 3.63) is 34.9 Å². The van der Waals surface area contributed by atoms with Crippen LogP contribution in [0.5, 0.6) is 0 Å². The lowest BCUT2D eigenvalue weighted by atomic mass is 10.00. The van der Waals surface area contributed by atoms with Crippen LogP contribution >= 0.6 is 0 Å². The minimum atomic E-state index is -1.21. The zero-order chi connectivity index (χ0) is 16.3. The summed E-state index contributed by atoms with van der Waals surface area (Å²) in [6.07, 6.45) is 2.25.